The molecule has 2 nitrogen and oxygen atoms in total. The Labute approximate surface area is 53.2 Å². The highest BCUT2D eigenvalue weighted by molar-refractivity contribution is 8.54. The molecule has 0 fully saturated rings. The Hall–Kier alpha value is 1.28. The number of halogens is 2. The average molecular weight is 183 g/mol. The van der Waals surface area contributed by atoms with Crippen molar-refractivity contribution in [3.8, 4) is 0 Å². The summed E-state index contributed by atoms with van der Waals surface area (Å²) in [5.74, 6) is 0. The summed E-state index contributed by atoms with van der Waals surface area (Å²) in [4.78, 5) is 17.0. The molecule has 7 heavy (non-hydrogen) atoms. The maximum Gasteiger partial charge on any atom is 0.169 e. The van der Waals surface area contributed by atoms with Crippen LogP contribution in [-0.4, -0.2) is 16.5 Å². The Morgan fingerprint density at radius 1 is 1.43 bits per heavy atom. The van der Waals surface area contributed by atoms with Crippen molar-refractivity contribution in [2.75, 3.05) is 6.66 Å². The van der Waals surface area contributed by atoms with E-state index in [2.05, 4.69) is 0 Å². The van der Waals surface area contributed by atoms with Crippen molar-refractivity contribution >= 4 is 36.4 Å². The fraction of sp³-hybridized carbons (Fsp3) is 1.00. The van der Waals surface area contributed by atoms with Gasteiger partial charge in [-0.15, -0.1) is 0 Å². The Balaban J connectivity index is 4.28. The van der Waals surface area contributed by atoms with Crippen molar-refractivity contribution in [3.63, 3.8) is 0 Å². The molecule has 2 N–H and O–H groups in total. The quantitative estimate of drug-likeness (QED) is 0.555. The van der Waals surface area contributed by atoms with Gasteiger partial charge >= 0.3 is 0 Å². The summed E-state index contributed by atoms with van der Waals surface area (Å²) in [5, 5.41) is 0. The average Bonchev–Trinajstić information content (AvgIpc) is 1.31. The van der Waals surface area contributed by atoms with Crippen molar-refractivity contribution in [1.29, 1.82) is 0 Å². The Kier molecular flexibility index (Phi) is 3.21. The van der Waals surface area contributed by atoms with Gasteiger partial charge in [0, 0.05) is 15.2 Å². The van der Waals surface area contributed by atoms with Crippen LogP contribution in [0, 0.1) is 0 Å². The summed E-state index contributed by atoms with van der Waals surface area (Å²) in [6.45, 7) is -1.70. The SMILES string of the molecule is CP(O)(O)=S(Cl)Cl. The van der Waals surface area contributed by atoms with Crippen LogP contribution in [0.25, 0.3) is 0 Å². The molecule has 0 saturated carbocycles. The molecule has 46 valence electrons. The largest absolute Gasteiger partial charge is 0.348 e. The fourth-order valence-corrected chi connectivity index (χ4v) is 0. The van der Waals surface area contributed by atoms with Gasteiger partial charge in [0.15, 0.2) is 6.49 Å². The minimum absolute atomic E-state index is 1.23. The third kappa shape index (κ3) is 3.83. The lowest BCUT2D eigenvalue weighted by molar-refractivity contribution is 0.487. The van der Waals surface area contributed by atoms with Crippen LogP contribution in [-0.2, 0) is 8.50 Å². The molecule has 0 aliphatic rings. The van der Waals surface area contributed by atoms with Crippen LogP contribution in [0.5, 0.6) is 0 Å². The topological polar surface area (TPSA) is 40.5 Å². The molecule has 0 amide bonds. The highest BCUT2D eigenvalue weighted by Crippen LogP contribution is 2.40. The van der Waals surface area contributed by atoms with Crippen LogP contribution in [0.1, 0.15) is 0 Å². The summed E-state index contributed by atoms with van der Waals surface area (Å²) in [6.07, 6.45) is 0. The van der Waals surface area contributed by atoms with Crippen LogP contribution in [0.2, 0.25) is 0 Å². The standard InChI is InChI=1S/CH5Cl2O2PS/c1-6(4,5)7(2)3/h4-5H,1H3. The lowest BCUT2D eigenvalue weighted by Crippen LogP contribution is -1.73. The zero-order chi connectivity index (χ0) is 6.08. The van der Waals surface area contributed by atoms with Gasteiger partial charge in [-0.05, 0) is 21.4 Å². The molecular formula is CH5Cl2O2PS. The predicted octanol–water partition coefficient (Wildman–Crippen LogP) is 1.29. The first-order valence-electron chi connectivity index (χ1n) is 1.34. The summed E-state index contributed by atoms with van der Waals surface area (Å²) in [7, 11) is 8.93. The number of rotatable bonds is 0. The zero-order valence-electron chi connectivity index (χ0n) is 3.51. The molecule has 0 radical (unpaired) electrons. The van der Waals surface area contributed by atoms with E-state index in [1.807, 2.05) is 0 Å². The smallest absolute Gasteiger partial charge is 0.169 e. The van der Waals surface area contributed by atoms with E-state index in [0.717, 1.165) is 0 Å². The lowest BCUT2D eigenvalue weighted by atomic mass is 12.0. The monoisotopic (exact) mass is 182 g/mol. The van der Waals surface area contributed by atoms with Gasteiger partial charge in [0.25, 0.3) is 0 Å². The van der Waals surface area contributed by atoms with Crippen molar-refractivity contribution in [1.82, 2.24) is 0 Å². The van der Waals surface area contributed by atoms with Crippen LogP contribution < -0.4 is 0 Å². The van der Waals surface area contributed by atoms with Crippen LogP contribution in [0.15, 0.2) is 0 Å². The molecule has 0 aliphatic carbocycles. The van der Waals surface area contributed by atoms with Crippen molar-refractivity contribution in [2.24, 2.45) is 0 Å². The van der Waals surface area contributed by atoms with Gasteiger partial charge in [-0.3, -0.25) is 0 Å². The molecule has 0 bridgehead atoms. The van der Waals surface area contributed by atoms with Crippen molar-refractivity contribution in [2.45, 2.75) is 0 Å². The third-order valence-electron chi connectivity index (χ3n) is 0.261. The lowest BCUT2D eigenvalue weighted by Gasteiger charge is -2.01. The van der Waals surface area contributed by atoms with Gasteiger partial charge in [0.1, 0.15) is 0 Å². The first-order valence-corrected chi connectivity index (χ1v) is 6.96. The summed E-state index contributed by atoms with van der Waals surface area (Å²) < 4.78 is 0. The predicted molar refractivity (Wildman–Crippen MR) is 36.4 cm³/mol. The summed E-state index contributed by atoms with van der Waals surface area (Å²) in [6, 6.07) is 0. The second kappa shape index (κ2) is 2.72. The third-order valence-corrected chi connectivity index (χ3v) is 7.06. The second-order valence-corrected chi connectivity index (χ2v) is 9.88. The Bertz CT molecular complexity index is 105. The Morgan fingerprint density at radius 3 is 1.57 bits per heavy atom. The van der Waals surface area contributed by atoms with Crippen LogP contribution in [0.4, 0.5) is 0 Å². The molecular weight excluding hydrogens is 178 g/mol. The minimum atomic E-state index is -2.93. The van der Waals surface area contributed by atoms with Gasteiger partial charge in [0.05, 0.1) is 0 Å². The molecule has 0 aliphatic heterocycles. The van der Waals surface area contributed by atoms with Crippen LogP contribution in [0.3, 0.4) is 0 Å². The minimum Gasteiger partial charge on any atom is -0.348 e. The Morgan fingerprint density at radius 2 is 1.57 bits per heavy atom. The fourth-order valence-electron chi connectivity index (χ4n) is 0. The summed E-state index contributed by atoms with van der Waals surface area (Å²) in [5.41, 5.74) is 0. The molecule has 0 atom stereocenters. The number of hydrogen-bond donors (Lipinski definition) is 2. The second-order valence-electron chi connectivity index (χ2n) is 1.03. The zero-order valence-corrected chi connectivity index (χ0v) is 6.73. The van der Waals surface area contributed by atoms with E-state index in [9.17, 15) is 0 Å². The van der Waals surface area contributed by atoms with E-state index in [-0.39, 0.29) is 0 Å². The molecule has 0 heterocycles. The molecule has 0 spiro atoms. The molecule has 0 aromatic rings. The van der Waals surface area contributed by atoms with Crippen LogP contribution >= 0.6 is 27.9 Å². The first-order chi connectivity index (χ1) is 2.94. The van der Waals surface area contributed by atoms with E-state index in [4.69, 9.17) is 31.2 Å². The maximum absolute atomic E-state index is 8.51. The number of hydrogen-bond acceptors (Lipinski definition) is 0. The van der Waals surface area contributed by atoms with E-state index in [0.29, 0.717) is 0 Å². The normalized spacial score (nSPS) is 12.9. The van der Waals surface area contributed by atoms with Gasteiger partial charge < -0.3 is 9.79 Å². The molecule has 0 rings (SSSR count). The molecule has 6 heteroatoms. The highest BCUT2D eigenvalue weighted by atomic mass is 36.0. The van der Waals surface area contributed by atoms with Gasteiger partial charge in [-0.1, -0.05) is 0 Å². The van der Waals surface area contributed by atoms with E-state index >= 15 is 0 Å². The van der Waals surface area contributed by atoms with E-state index < -0.39 is 15.0 Å². The van der Waals surface area contributed by atoms with Crippen molar-refractivity contribution in [3.05, 3.63) is 0 Å². The van der Waals surface area contributed by atoms with Gasteiger partial charge in [-0.2, -0.15) is 0 Å². The summed E-state index contributed by atoms with van der Waals surface area (Å²) >= 11 is 0. The molecule has 0 aromatic heterocycles. The van der Waals surface area contributed by atoms with Crippen molar-refractivity contribution < 1.29 is 9.79 Å². The highest BCUT2D eigenvalue weighted by Gasteiger charge is 2.02. The maximum atomic E-state index is 8.51. The van der Waals surface area contributed by atoms with E-state index in [1.54, 1.807) is 0 Å². The first kappa shape index (κ1) is 8.28. The van der Waals surface area contributed by atoms with Gasteiger partial charge in [-0.25, -0.2) is 0 Å². The van der Waals surface area contributed by atoms with E-state index in [1.165, 1.54) is 6.66 Å². The molecule has 0 aromatic carbocycles. The van der Waals surface area contributed by atoms with Gasteiger partial charge in [0.2, 0.25) is 0 Å². The molecule has 0 saturated heterocycles. The molecule has 0 unspecified atom stereocenters.